The lowest BCUT2D eigenvalue weighted by Gasteiger charge is -2.20. The van der Waals surface area contributed by atoms with E-state index in [-0.39, 0.29) is 6.10 Å². The van der Waals surface area contributed by atoms with Crippen molar-refractivity contribution in [2.45, 2.75) is 46.6 Å². The Kier molecular flexibility index (Phi) is 4.99. The van der Waals surface area contributed by atoms with Crippen LogP contribution in [-0.2, 0) is 9.53 Å². The molecule has 0 amide bonds. The van der Waals surface area contributed by atoms with Crippen molar-refractivity contribution in [1.29, 1.82) is 0 Å². The molecule has 0 aromatic heterocycles. The van der Waals surface area contributed by atoms with Crippen LogP contribution >= 0.6 is 0 Å². The highest BCUT2D eigenvalue weighted by atomic mass is 16.5. The van der Waals surface area contributed by atoms with Gasteiger partial charge >= 0.3 is 5.97 Å². The molecule has 0 aliphatic heterocycles. The summed E-state index contributed by atoms with van der Waals surface area (Å²) in [7, 11) is 0. The number of ether oxygens (including phenoxy) is 1. The Morgan fingerprint density at radius 3 is 2.46 bits per heavy atom. The SMILES string of the molecule is CCC(C)OCCC(C)(C)C(=O)O. The van der Waals surface area contributed by atoms with Gasteiger partial charge in [0.05, 0.1) is 11.5 Å². The molecule has 0 radical (unpaired) electrons. The molecule has 3 heteroatoms. The molecule has 0 bridgehead atoms. The fraction of sp³-hybridized carbons (Fsp3) is 0.900. The molecule has 0 aliphatic carbocycles. The van der Waals surface area contributed by atoms with Gasteiger partial charge in [-0.2, -0.15) is 0 Å². The monoisotopic (exact) mass is 188 g/mol. The van der Waals surface area contributed by atoms with Crippen LogP contribution in [0.15, 0.2) is 0 Å². The first-order chi connectivity index (χ1) is 5.90. The maximum atomic E-state index is 10.7. The normalized spacial score (nSPS) is 14.2. The molecule has 0 aliphatic rings. The number of rotatable bonds is 6. The van der Waals surface area contributed by atoms with Crippen LogP contribution in [0.2, 0.25) is 0 Å². The van der Waals surface area contributed by atoms with Gasteiger partial charge < -0.3 is 9.84 Å². The molecule has 0 saturated heterocycles. The van der Waals surface area contributed by atoms with Crippen LogP contribution in [0.25, 0.3) is 0 Å². The zero-order valence-electron chi connectivity index (χ0n) is 8.96. The van der Waals surface area contributed by atoms with Crippen LogP contribution in [0.4, 0.5) is 0 Å². The number of carbonyl (C=O) groups is 1. The summed E-state index contributed by atoms with van der Waals surface area (Å²) < 4.78 is 5.41. The van der Waals surface area contributed by atoms with Gasteiger partial charge in [-0.05, 0) is 33.6 Å². The largest absolute Gasteiger partial charge is 0.481 e. The van der Waals surface area contributed by atoms with E-state index in [4.69, 9.17) is 9.84 Å². The van der Waals surface area contributed by atoms with Crippen molar-refractivity contribution < 1.29 is 14.6 Å². The van der Waals surface area contributed by atoms with E-state index in [2.05, 4.69) is 0 Å². The molecule has 0 aromatic rings. The van der Waals surface area contributed by atoms with E-state index in [1.807, 2.05) is 13.8 Å². The molecule has 0 rings (SSSR count). The van der Waals surface area contributed by atoms with Crippen LogP contribution in [-0.4, -0.2) is 23.8 Å². The molecule has 0 heterocycles. The summed E-state index contributed by atoms with van der Waals surface area (Å²) in [4.78, 5) is 10.7. The number of aliphatic carboxylic acids is 1. The van der Waals surface area contributed by atoms with E-state index in [0.29, 0.717) is 13.0 Å². The molecule has 78 valence electrons. The Morgan fingerprint density at radius 2 is 2.08 bits per heavy atom. The Hall–Kier alpha value is -0.570. The summed E-state index contributed by atoms with van der Waals surface area (Å²) in [5.74, 6) is -0.764. The van der Waals surface area contributed by atoms with E-state index in [0.717, 1.165) is 6.42 Å². The second kappa shape index (κ2) is 5.22. The summed E-state index contributed by atoms with van der Waals surface area (Å²) in [6.45, 7) is 8.00. The van der Waals surface area contributed by atoms with Crippen LogP contribution in [0.5, 0.6) is 0 Å². The molecule has 0 fully saturated rings. The summed E-state index contributed by atoms with van der Waals surface area (Å²) >= 11 is 0. The first-order valence-corrected chi connectivity index (χ1v) is 4.75. The van der Waals surface area contributed by atoms with Crippen molar-refractivity contribution in [3.8, 4) is 0 Å². The van der Waals surface area contributed by atoms with Crippen molar-refractivity contribution in [1.82, 2.24) is 0 Å². The fourth-order valence-electron chi connectivity index (χ4n) is 0.740. The molecule has 0 spiro atoms. The predicted molar refractivity (Wildman–Crippen MR) is 51.7 cm³/mol. The Morgan fingerprint density at radius 1 is 1.54 bits per heavy atom. The minimum absolute atomic E-state index is 0.226. The lowest BCUT2D eigenvalue weighted by atomic mass is 9.90. The van der Waals surface area contributed by atoms with Gasteiger partial charge in [0.2, 0.25) is 0 Å². The molecule has 13 heavy (non-hydrogen) atoms. The van der Waals surface area contributed by atoms with E-state index in [1.165, 1.54) is 0 Å². The highest BCUT2D eigenvalue weighted by molar-refractivity contribution is 5.73. The van der Waals surface area contributed by atoms with E-state index >= 15 is 0 Å². The first kappa shape index (κ1) is 12.4. The molecule has 0 aromatic carbocycles. The van der Waals surface area contributed by atoms with Crippen LogP contribution in [0.1, 0.15) is 40.5 Å². The highest BCUT2D eigenvalue weighted by Gasteiger charge is 2.26. The number of hydrogen-bond donors (Lipinski definition) is 1. The molecule has 0 saturated carbocycles. The van der Waals surface area contributed by atoms with E-state index < -0.39 is 11.4 Å². The zero-order valence-corrected chi connectivity index (χ0v) is 8.96. The zero-order chi connectivity index (χ0) is 10.5. The first-order valence-electron chi connectivity index (χ1n) is 4.75. The second-order valence-corrected chi connectivity index (χ2v) is 4.03. The summed E-state index contributed by atoms with van der Waals surface area (Å²) in [5.41, 5.74) is -0.673. The maximum absolute atomic E-state index is 10.7. The van der Waals surface area contributed by atoms with Crippen molar-refractivity contribution in [2.75, 3.05) is 6.61 Å². The molecule has 1 atom stereocenters. The average Bonchev–Trinajstić information content (AvgIpc) is 2.03. The minimum Gasteiger partial charge on any atom is -0.481 e. The van der Waals surface area contributed by atoms with Crippen LogP contribution in [0.3, 0.4) is 0 Å². The van der Waals surface area contributed by atoms with Crippen molar-refractivity contribution >= 4 is 5.97 Å². The van der Waals surface area contributed by atoms with Crippen LogP contribution in [0, 0.1) is 5.41 Å². The minimum atomic E-state index is -0.764. The molecule has 3 nitrogen and oxygen atoms in total. The molecule has 1 N–H and O–H groups in total. The van der Waals surface area contributed by atoms with Gasteiger partial charge in [-0.25, -0.2) is 0 Å². The maximum Gasteiger partial charge on any atom is 0.309 e. The second-order valence-electron chi connectivity index (χ2n) is 4.03. The third kappa shape index (κ3) is 4.88. The highest BCUT2D eigenvalue weighted by Crippen LogP contribution is 2.20. The number of hydrogen-bond acceptors (Lipinski definition) is 2. The Bertz CT molecular complexity index is 164. The van der Waals surface area contributed by atoms with Crippen molar-refractivity contribution in [3.05, 3.63) is 0 Å². The standard InChI is InChI=1S/C10H20O3/c1-5-8(2)13-7-6-10(3,4)9(11)12/h8H,5-7H2,1-4H3,(H,11,12). The fourth-order valence-corrected chi connectivity index (χ4v) is 0.740. The number of carboxylic acid groups (broad SMARTS) is 1. The molecular weight excluding hydrogens is 168 g/mol. The third-order valence-electron chi connectivity index (χ3n) is 2.28. The van der Waals surface area contributed by atoms with E-state index in [9.17, 15) is 4.79 Å². The Balaban J connectivity index is 3.70. The van der Waals surface area contributed by atoms with Gasteiger partial charge in [0.1, 0.15) is 0 Å². The van der Waals surface area contributed by atoms with Gasteiger partial charge in [0.15, 0.2) is 0 Å². The Labute approximate surface area is 80.1 Å². The summed E-state index contributed by atoms with van der Waals surface area (Å²) in [6, 6.07) is 0. The van der Waals surface area contributed by atoms with Crippen LogP contribution < -0.4 is 0 Å². The van der Waals surface area contributed by atoms with E-state index in [1.54, 1.807) is 13.8 Å². The topological polar surface area (TPSA) is 46.5 Å². The van der Waals surface area contributed by atoms with Gasteiger partial charge in [0.25, 0.3) is 0 Å². The average molecular weight is 188 g/mol. The van der Waals surface area contributed by atoms with Gasteiger partial charge in [-0.15, -0.1) is 0 Å². The van der Waals surface area contributed by atoms with Gasteiger partial charge in [-0.1, -0.05) is 6.92 Å². The summed E-state index contributed by atoms with van der Waals surface area (Å²) in [5, 5.41) is 8.81. The lowest BCUT2D eigenvalue weighted by molar-refractivity contribution is -0.148. The summed E-state index contributed by atoms with van der Waals surface area (Å²) in [6.07, 6.45) is 1.75. The van der Waals surface area contributed by atoms with Gasteiger partial charge in [-0.3, -0.25) is 4.79 Å². The van der Waals surface area contributed by atoms with Gasteiger partial charge in [0, 0.05) is 6.61 Å². The molecule has 1 unspecified atom stereocenters. The number of carboxylic acids is 1. The van der Waals surface area contributed by atoms with Crippen molar-refractivity contribution in [3.63, 3.8) is 0 Å². The smallest absolute Gasteiger partial charge is 0.309 e. The molecular formula is C10H20O3. The van der Waals surface area contributed by atoms with Crippen molar-refractivity contribution in [2.24, 2.45) is 5.41 Å². The quantitative estimate of drug-likeness (QED) is 0.695. The lowest BCUT2D eigenvalue weighted by Crippen LogP contribution is -2.26. The third-order valence-corrected chi connectivity index (χ3v) is 2.28. The predicted octanol–water partition coefficient (Wildman–Crippen LogP) is 2.30.